The highest BCUT2D eigenvalue weighted by Gasteiger charge is 2.32. The van der Waals surface area contributed by atoms with Gasteiger partial charge in [-0.05, 0) is 49.4 Å². The second-order valence-corrected chi connectivity index (χ2v) is 6.37. The number of hydrogen-bond donors (Lipinski definition) is 1. The van der Waals surface area contributed by atoms with Crippen molar-refractivity contribution in [2.45, 2.75) is 19.4 Å². The van der Waals surface area contributed by atoms with Gasteiger partial charge in [0.05, 0.1) is 12.6 Å². The summed E-state index contributed by atoms with van der Waals surface area (Å²) in [6.07, 6.45) is 0.267. The summed E-state index contributed by atoms with van der Waals surface area (Å²) in [5, 5.41) is 2.93. The summed E-state index contributed by atoms with van der Waals surface area (Å²) in [6, 6.07) is 12.2. The van der Waals surface area contributed by atoms with Crippen molar-refractivity contribution in [3.05, 3.63) is 48.0 Å². The zero-order valence-corrected chi connectivity index (χ0v) is 14.9. The molecule has 140 valence electrons. The zero-order valence-electron chi connectivity index (χ0n) is 14.9. The lowest BCUT2D eigenvalue weighted by Crippen LogP contribution is -2.37. The van der Waals surface area contributed by atoms with Gasteiger partial charge in [-0.3, -0.25) is 9.59 Å². The Bertz CT molecular complexity index is 865. The van der Waals surface area contributed by atoms with Crippen LogP contribution in [0.15, 0.2) is 42.5 Å². The largest absolute Gasteiger partial charge is 0.494 e. The van der Waals surface area contributed by atoms with Gasteiger partial charge in [0.25, 0.3) is 5.91 Å². The van der Waals surface area contributed by atoms with Gasteiger partial charge in [0.1, 0.15) is 5.75 Å². The quantitative estimate of drug-likeness (QED) is 0.877. The van der Waals surface area contributed by atoms with Gasteiger partial charge in [-0.15, -0.1) is 0 Å². The van der Waals surface area contributed by atoms with Crippen LogP contribution in [0, 0.1) is 0 Å². The number of carbonyl (C=O) groups is 2. The molecule has 7 nitrogen and oxygen atoms in total. The van der Waals surface area contributed by atoms with Crippen LogP contribution in [0.25, 0.3) is 0 Å². The van der Waals surface area contributed by atoms with Crippen LogP contribution in [0.4, 0.5) is 5.69 Å². The van der Waals surface area contributed by atoms with E-state index in [1.165, 1.54) is 0 Å². The molecular formula is C20H20N2O5. The summed E-state index contributed by atoms with van der Waals surface area (Å²) in [4.78, 5) is 26.6. The summed E-state index contributed by atoms with van der Waals surface area (Å²) < 4.78 is 16.0. The van der Waals surface area contributed by atoms with E-state index in [-0.39, 0.29) is 31.1 Å². The number of rotatable bonds is 5. The molecule has 0 aliphatic carbocycles. The maximum absolute atomic E-state index is 12.5. The Balaban J connectivity index is 1.41. The van der Waals surface area contributed by atoms with Gasteiger partial charge in [0, 0.05) is 24.2 Å². The van der Waals surface area contributed by atoms with Crippen LogP contribution in [-0.2, 0) is 4.79 Å². The Morgan fingerprint density at radius 3 is 2.74 bits per heavy atom. The van der Waals surface area contributed by atoms with E-state index in [9.17, 15) is 9.59 Å². The second kappa shape index (κ2) is 7.19. The fourth-order valence-corrected chi connectivity index (χ4v) is 3.25. The fraction of sp³-hybridized carbons (Fsp3) is 0.300. The summed E-state index contributed by atoms with van der Waals surface area (Å²) >= 11 is 0. The molecule has 0 bridgehead atoms. The van der Waals surface area contributed by atoms with Crippen molar-refractivity contribution in [2.24, 2.45) is 0 Å². The third-order valence-corrected chi connectivity index (χ3v) is 4.55. The van der Waals surface area contributed by atoms with E-state index in [1.54, 1.807) is 23.1 Å². The van der Waals surface area contributed by atoms with Gasteiger partial charge in [-0.1, -0.05) is 0 Å². The third kappa shape index (κ3) is 3.53. The Morgan fingerprint density at radius 2 is 1.96 bits per heavy atom. The molecule has 0 aromatic heterocycles. The van der Waals surface area contributed by atoms with Gasteiger partial charge < -0.3 is 24.4 Å². The highest BCUT2D eigenvalue weighted by Crippen LogP contribution is 2.32. The predicted octanol–water partition coefficient (Wildman–Crippen LogP) is 2.35. The molecule has 2 heterocycles. The Morgan fingerprint density at radius 1 is 1.19 bits per heavy atom. The second-order valence-electron chi connectivity index (χ2n) is 6.37. The molecule has 0 radical (unpaired) electrons. The normalized spacial score (nSPS) is 17.9. The Hall–Kier alpha value is -3.22. The van der Waals surface area contributed by atoms with Crippen LogP contribution in [-0.4, -0.2) is 37.8 Å². The minimum Gasteiger partial charge on any atom is -0.494 e. The average molecular weight is 368 g/mol. The molecule has 2 amide bonds. The number of hydrogen-bond acceptors (Lipinski definition) is 5. The number of amides is 2. The lowest BCUT2D eigenvalue weighted by atomic mass is 10.1. The molecule has 2 aliphatic rings. The van der Waals surface area contributed by atoms with E-state index >= 15 is 0 Å². The molecule has 1 saturated heterocycles. The van der Waals surface area contributed by atoms with Crippen molar-refractivity contribution in [3.8, 4) is 17.2 Å². The first-order chi connectivity index (χ1) is 13.1. The van der Waals surface area contributed by atoms with Crippen molar-refractivity contribution in [2.75, 3.05) is 24.8 Å². The van der Waals surface area contributed by atoms with Crippen molar-refractivity contribution in [1.29, 1.82) is 0 Å². The van der Waals surface area contributed by atoms with Crippen LogP contribution in [0.1, 0.15) is 23.7 Å². The average Bonchev–Trinajstić information content (AvgIpc) is 3.28. The van der Waals surface area contributed by atoms with E-state index < -0.39 is 0 Å². The molecule has 1 N–H and O–H groups in total. The first kappa shape index (κ1) is 17.2. The van der Waals surface area contributed by atoms with Crippen molar-refractivity contribution in [3.63, 3.8) is 0 Å². The minimum atomic E-state index is -0.248. The lowest BCUT2D eigenvalue weighted by molar-refractivity contribution is -0.117. The third-order valence-electron chi connectivity index (χ3n) is 4.55. The van der Waals surface area contributed by atoms with E-state index in [4.69, 9.17) is 14.2 Å². The molecule has 2 aromatic rings. The molecule has 0 unspecified atom stereocenters. The molecule has 27 heavy (non-hydrogen) atoms. The minimum absolute atomic E-state index is 0.0184. The van der Waals surface area contributed by atoms with Gasteiger partial charge in [0.15, 0.2) is 11.5 Å². The summed E-state index contributed by atoms with van der Waals surface area (Å²) in [5.74, 6) is 1.70. The number of carbonyl (C=O) groups excluding carboxylic acids is 2. The molecule has 1 atom stereocenters. The number of anilines is 1. The van der Waals surface area contributed by atoms with E-state index in [1.807, 2.05) is 31.2 Å². The molecule has 0 spiro atoms. The van der Waals surface area contributed by atoms with Crippen molar-refractivity contribution >= 4 is 17.5 Å². The van der Waals surface area contributed by atoms with Gasteiger partial charge in [-0.2, -0.15) is 0 Å². The summed E-state index contributed by atoms with van der Waals surface area (Å²) in [5.41, 5.74) is 1.27. The molecule has 2 aliphatic heterocycles. The molecule has 0 saturated carbocycles. The lowest BCUT2D eigenvalue weighted by Gasteiger charge is -2.18. The summed E-state index contributed by atoms with van der Waals surface area (Å²) in [6.45, 7) is 3.11. The first-order valence-electron chi connectivity index (χ1n) is 8.88. The van der Waals surface area contributed by atoms with E-state index in [0.29, 0.717) is 30.2 Å². The van der Waals surface area contributed by atoms with Crippen LogP contribution in [0.2, 0.25) is 0 Å². The van der Waals surface area contributed by atoms with Crippen molar-refractivity contribution < 1.29 is 23.8 Å². The Kier molecular flexibility index (Phi) is 4.58. The number of nitrogens with one attached hydrogen (secondary N) is 1. The first-order valence-corrected chi connectivity index (χ1v) is 8.88. The molecule has 4 rings (SSSR count). The zero-order chi connectivity index (χ0) is 18.8. The summed E-state index contributed by atoms with van der Waals surface area (Å²) in [7, 11) is 0. The van der Waals surface area contributed by atoms with Gasteiger partial charge in [0.2, 0.25) is 12.7 Å². The van der Waals surface area contributed by atoms with E-state index in [0.717, 1.165) is 11.4 Å². The molecule has 7 heteroatoms. The number of fused-ring (bicyclic) bond motifs is 1. The topological polar surface area (TPSA) is 77.1 Å². The number of ether oxygens (including phenoxy) is 3. The van der Waals surface area contributed by atoms with Crippen LogP contribution < -0.4 is 24.4 Å². The van der Waals surface area contributed by atoms with Crippen LogP contribution in [0.3, 0.4) is 0 Å². The molecule has 2 aromatic carbocycles. The SMILES string of the molecule is CCOc1ccc(N2C[C@@H](NC(=O)c3ccc4c(c3)OCO4)CC2=O)cc1. The predicted molar refractivity (Wildman–Crippen MR) is 98.4 cm³/mol. The van der Waals surface area contributed by atoms with Crippen molar-refractivity contribution in [1.82, 2.24) is 5.32 Å². The van der Waals surface area contributed by atoms with Crippen LogP contribution >= 0.6 is 0 Å². The standard InChI is InChI=1S/C20H20N2O5/c1-2-25-16-6-4-15(5-7-16)22-11-14(10-19(22)23)21-20(24)13-3-8-17-18(9-13)27-12-26-17/h3-9,14H,2,10-12H2,1H3,(H,21,24)/t14-/m0/s1. The maximum Gasteiger partial charge on any atom is 0.251 e. The van der Waals surface area contributed by atoms with Gasteiger partial charge in [-0.25, -0.2) is 0 Å². The van der Waals surface area contributed by atoms with Gasteiger partial charge >= 0.3 is 0 Å². The monoisotopic (exact) mass is 368 g/mol. The Labute approximate surface area is 156 Å². The maximum atomic E-state index is 12.5. The van der Waals surface area contributed by atoms with Crippen LogP contribution in [0.5, 0.6) is 17.2 Å². The fourth-order valence-electron chi connectivity index (χ4n) is 3.25. The highest BCUT2D eigenvalue weighted by molar-refractivity contribution is 5.99. The van der Waals surface area contributed by atoms with E-state index in [2.05, 4.69) is 5.32 Å². The number of nitrogens with zero attached hydrogens (tertiary/aromatic N) is 1. The smallest absolute Gasteiger partial charge is 0.251 e. The highest BCUT2D eigenvalue weighted by atomic mass is 16.7. The molecule has 1 fully saturated rings. The molecular weight excluding hydrogens is 348 g/mol. The number of benzene rings is 2.